The lowest BCUT2D eigenvalue weighted by atomic mass is 9.97. The van der Waals surface area contributed by atoms with Crippen LogP contribution in [-0.4, -0.2) is 17.3 Å². The summed E-state index contributed by atoms with van der Waals surface area (Å²) in [5.41, 5.74) is 5.41. The number of rotatable bonds is 4. The lowest BCUT2D eigenvalue weighted by molar-refractivity contribution is 0.0603. The Balaban J connectivity index is 2.54. The van der Waals surface area contributed by atoms with Gasteiger partial charge in [0.1, 0.15) is 5.82 Å². The van der Waals surface area contributed by atoms with E-state index in [0.29, 0.717) is 12.8 Å². The number of hydrogen-bond acceptors (Lipinski definition) is 2. The second-order valence-corrected chi connectivity index (χ2v) is 3.83. The van der Waals surface area contributed by atoms with Crippen molar-refractivity contribution in [2.75, 3.05) is 6.54 Å². The first-order valence-electron chi connectivity index (χ1n) is 4.70. The van der Waals surface area contributed by atoms with Crippen LogP contribution in [0.1, 0.15) is 18.9 Å². The van der Waals surface area contributed by atoms with Crippen molar-refractivity contribution < 1.29 is 9.50 Å². The molecule has 3 N–H and O–H groups in total. The zero-order chi connectivity index (χ0) is 10.6. The van der Waals surface area contributed by atoms with E-state index in [4.69, 9.17) is 5.73 Å². The predicted molar refractivity (Wildman–Crippen MR) is 54.4 cm³/mol. The van der Waals surface area contributed by atoms with Crippen LogP contribution in [0.15, 0.2) is 24.3 Å². The molecule has 14 heavy (non-hydrogen) atoms. The van der Waals surface area contributed by atoms with Gasteiger partial charge in [-0.1, -0.05) is 12.1 Å². The van der Waals surface area contributed by atoms with E-state index in [-0.39, 0.29) is 12.4 Å². The van der Waals surface area contributed by atoms with Crippen LogP contribution >= 0.6 is 0 Å². The summed E-state index contributed by atoms with van der Waals surface area (Å²) >= 11 is 0. The van der Waals surface area contributed by atoms with Crippen LogP contribution in [0.3, 0.4) is 0 Å². The van der Waals surface area contributed by atoms with Gasteiger partial charge in [0.2, 0.25) is 0 Å². The van der Waals surface area contributed by atoms with Crippen molar-refractivity contribution in [3.8, 4) is 0 Å². The van der Waals surface area contributed by atoms with Gasteiger partial charge in [-0.2, -0.15) is 0 Å². The Bertz CT molecular complexity index is 299. The molecule has 1 atom stereocenters. The SMILES string of the molecule is CC(O)(CN)CCc1cccc(F)c1. The molecule has 0 saturated carbocycles. The van der Waals surface area contributed by atoms with E-state index in [1.807, 2.05) is 6.07 Å². The quantitative estimate of drug-likeness (QED) is 0.767. The van der Waals surface area contributed by atoms with Crippen molar-refractivity contribution >= 4 is 0 Å². The highest BCUT2D eigenvalue weighted by atomic mass is 19.1. The molecule has 0 aliphatic carbocycles. The second-order valence-electron chi connectivity index (χ2n) is 3.83. The van der Waals surface area contributed by atoms with E-state index in [2.05, 4.69) is 0 Å². The van der Waals surface area contributed by atoms with Crippen molar-refractivity contribution in [3.63, 3.8) is 0 Å². The first kappa shape index (κ1) is 11.1. The molecule has 0 radical (unpaired) electrons. The summed E-state index contributed by atoms with van der Waals surface area (Å²) in [5, 5.41) is 9.64. The molecule has 78 valence electrons. The number of hydrogen-bond donors (Lipinski definition) is 2. The predicted octanol–water partition coefficient (Wildman–Crippen LogP) is 1.47. The lowest BCUT2D eigenvalue weighted by Gasteiger charge is -2.20. The molecule has 0 aromatic heterocycles. The molecule has 0 aliphatic heterocycles. The van der Waals surface area contributed by atoms with Gasteiger partial charge >= 0.3 is 0 Å². The van der Waals surface area contributed by atoms with Crippen molar-refractivity contribution in [1.82, 2.24) is 0 Å². The first-order chi connectivity index (χ1) is 6.53. The van der Waals surface area contributed by atoms with Gasteiger partial charge in [0.25, 0.3) is 0 Å². The van der Waals surface area contributed by atoms with Gasteiger partial charge < -0.3 is 10.8 Å². The molecule has 0 saturated heterocycles. The minimum Gasteiger partial charge on any atom is -0.389 e. The Labute approximate surface area is 83.6 Å². The summed E-state index contributed by atoms with van der Waals surface area (Å²) in [4.78, 5) is 0. The molecule has 3 heteroatoms. The van der Waals surface area contributed by atoms with Gasteiger partial charge in [-0.15, -0.1) is 0 Å². The Kier molecular flexibility index (Phi) is 3.61. The number of aryl methyl sites for hydroxylation is 1. The molecule has 0 bridgehead atoms. The van der Waals surface area contributed by atoms with E-state index in [1.54, 1.807) is 13.0 Å². The minimum absolute atomic E-state index is 0.225. The molecule has 1 unspecified atom stereocenters. The molecule has 2 nitrogen and oxygen atoms in total. The molecular weight excluding hydrogens is 181 g/mol. The molecule has 0 heterocycles. The first-order valence-corrected chi connectivity index (χ1v) is 4.70. The zero-order valence-electron chi connectivity index (χ0n) is 8.33. The van der Waals surface area contributed by atoms with Crippen LogP contribution < -0.4 is 5.73 Å². The highest BCUT2D eigenvalue weighted by Gasteiger charge is 2.17. The maximum Gasteiger partial charge on any atom is 0.123 e. The average molecular weight is 197 g/mol. The highest BCUT2D eigenvalue weighted by Crippen LogP contribution is 2.13. The van der Waals surface area contributed by atoms with Crippen LogP contribution in [0.25, 0.3) is 0 Å². The molecular formula is C11H16FNO. The standard InChI is InChI=1S/C11H16FNO/c1-11(14,8-13)6-5-9-3-2-4-10(12)7-9/h2-4,7,14H,5-6,8,13H2,1H3. The fourth-order valence-corrected chi connectivity index (χ4v) is 1.21. The number of nitrogens with two attached hydrogens (primary N) is 1. The number of benzene rings is 1. The molecule has 0 amide bonds. The van der Waals surface area contributed by atoms with E-state index in [1.165, 1.54) is 12.1 Å². The van der Waals surface area contributed by atoms with Gasteiger partial charge in [-0.3, -0.25) is 0 Å². The van der Waals surface area contributed by atoms with E-state index in [9.17, 15) is 9.50 Å². The maximum absolute atomic E-state index is 12.8. The van der Waals surface area contributed by atoms with Crippen molar-refractivity contribution in [3.05, 3.63) is 35.6 Å². The van der Waals surface area contributed by atoms with E-state index >= 15 is 0 Å². The van der Waals surface area contributed by atoms with Crippen LogP contribution in [0, 0.1) is 5.82 Å². The largest absolute Gasteiger partial charge is 0.389 e. The zero-order valence-corrected chi connectivity index (χ0v) is 8.33. The summed E-state index contributed by atoms with van der Waals surface area (Å²) in [5.74, 6) is -0.241. The molecule has 0 fully saturated rings. The third-order valence-corrected chi connectivity index (χ3v) is 2.28. The third kappa shape index (κ3) is 3.44. The van der Waals surface area contributed by atoms with Crippen molar-refractivity contribution in [1.29, 1.82) is 0 Å². The van der Waals surface area contributed by atoms with Gasteiger partial charge in [-0.05, 0) is 37.5 Å². The van der Waals surface area contributed by atoms with Gasteiger partial charge in [0.05, 0.1) is 5.60 Å². The highest BCUT2D eigenvalue weighted by molar-refractivity contribution is 5.16. The normalized spacial score (nSPS) is 15.1. The third-order valence-electron chi connectivity index (χ3n) is 2.28. The van der Waals surface area contributed by atoms with Gasteiger partial charge in [0, 0.05) is 6.54 Å². The van der Waals surface area contributed by atoms with E-state index < -0.39 is 5.60 Å². The van der Waals surface area contributed by atoms with Crippen molar-refractivity contribution in [2.24, 2.45) is 5.73 Å². The fourth-order valence-electron chi connectivity index (χ4n) is 1.21. The summed E-state index contributed by atoms with van der Waals surface area (Å²) in [6, 6.07) is 6.40. The number of aliphatic hydroxyl groups is 1. The second kappa shape index (κ2) is 4.53. The summed E-state index contributed by atoms with van der Waals surface area (Å²) in [6.45, 7) is 1.91. The number of halogens is 1. The molecule has 1 rings (SSSR count). The Morgan fingerprint density at radius 2 is 2.21 bits per heavy atom. The van der Waals surface area contributed by atoms with E-state index in [0.717, 1.165) is 5.56 Å². The molecule has 0 spiro atoms. The summed E-state index contributed by atoms with van der Waals surface area (Å²) < 4.78 is 12.8. The molecule has 1 aromatic rings. The maximum atomic E-state index is 12.8. The molecule has 0 aliphatic rings. The lowest BCUT2D eigenvalue weighted by Crippen LogP contribution is -2.34. The molecule has 1 aromatic carbocycles. The minimum atomic E-state index is -0.855. The topological polar surface area (TPSA) is 46.2 Å². The average Bonchev–Trinajstić information content (AvgIpc) is 2.15. The van der Waals surface area contributed by atoms with Gasteiger partial charge in [-0.25, -0.2) is 4.39 Å². The van der Waals surface area contributed by atoms with Crippen LogP contribution in [-0.2, 0) is 6.42 Å². The van der Waals surface area contributed by atoms with Crippen molar-refractivity contribution in [2.45, 2.75) is 25.4 Å². The van der Waals surface area contributed by atoms with Gasteiger partial charge in [0.15, 0.2) is 0 Å². The smallest absolute Gasteiger partial charge is 0.123 e. The Hall–Kier alpha value is -0.930. The summed E-state index contributed by atoms with van der Waals surface area (Å²) in [6.07, 6.45) is 1.19. The fraction of sp³-hybridized carbons (Fsp3) is 0.455. The summed E-state index contributed by atoms with van der Waals surface area (Å²) in [7, 11) is 0. The Morgan fingerprint density at radius 1 is 1.50 bits per heavy atom. The Morgan fingerprint density at radius 3 is 2.79 bits per heavy atom. The van der Waals surface area contributed by atoms with Crippen LogP contribution in [0.2, 0.25) is 0 Å². The van der Waals surface area contributed by atoms with Crippen LogP contribution in [0.4, 0.5) is 4.39 Å². The van der Waals surface area contributed by atoms with Crippen LogP contribution in [0.5, 0.6) is 0 Å². The monoisotopic (exact) mass is 197 g/mol.